The van der Waals surface area contributed by atoms with Gasteiger partial charge in [0.25, 0.3) is 11.2 Å². The summed E-state index contributed by atoms with van der Waals surface area (Å²) in [5.41, 5.74) is -19.0. The summed E-state index contributed by atoms with van der Waals surface area (Å²) in [6, 6.07) is 6.54. The first-order valence-electron chi connectivity index (χ1n) is 8.34. The van der Waals surface area contributed by atoms with Crippen LogP contribution in [0.5, 0.6) is 0 Å². The van der Waals surface area contributed by atoms with Crippen LogP contribution in [-0.4, -0.2) is 46.1 Å². The largest absolute Gasteiger partial charge is 0.427 e. The Balaban J connectivity index is 2.96. The monoisotopic (exact) mass is 488 g/mol. The number of hydrogen-bond acceptors (Lipinski definition) is 2. The predicted molar refractivity (Wildman–Crippen MR) is 84.7 cm³/mol. The number of rotatable bonds is 3. The normalized spacial score (nSPS) is 18.5. The fourth-order valence-corrected chi connectivity index (χ4v) is 3.62. The molecule has 0 saturated carbocycles. The first-order chi connectivity index (χ1) is 14.2. The van der Waals surface area contributed by atoms with Gasteiger partial charge in [0.05, 0.1) is 5.41 Å². The number of aliphatic hydroxyl groups is 2. The van der Waals surface area contributed by atoms with E-state index in [0.29, 0.717) is 0 Å². The van der Waals surface area contributed by atoms with Crippen molar-refractivity contribution in [1.82, 2.24) is 0 Å². The lowest BCUT2D eigenvalue weighted by atomic mass is 9.56. The Morgan fingerprint density at radius 2 is 1.00 bits per heavy atom. The second-order valence-corrected chi connectivity index (χ2v) is 6.95. The highest BCUT2D eigenvalue weighted by molar-refractivity contribution is 5.75. The Labute approximate surface area is 171 Å². The Kier molecular flexibility index (Phi) is 6.02. The third-order valence-electron chi connectivity index (χ3n) is 5.23. The fourth-order valence-electron chi connectivity index (χ4n) is 3.62. The van der Waals surface area contributed by atoms with E-state index in [1.165, 1.54) is 30.3 Å². The maximum absolute atomic E-state index is 13.5. The lowest BCUT2D eigenvalue weighted by Crippen LogP contribution is -2.79. The Bertz CT molecular complexity index is 822. The third kappa shape index (κ3) is 3.47. The summed E-state index contributed by atoms with van der Waals surface area (Å²) in [7, 11) is 0. The molecule has 2 rings (SSSR count). The lowest BCUT2D eigenvalue weighted by molar-refractivity contribution is -0.466. The van der Waals surface area contributed by atoms with Crippen molar-refractivity contribution < 1.29 is 62.9 Å². The highest BCUT2D eigenvalue weighted by Gasteiger charge is 2.91. The molecule has 0 amide bonds. The predicted octanol–water partition coefficient (Wildman–Crippen LogP) is 5.73. The molecule has 0 aromatic heterocycles. The molecule has 2 N–H and O–H groups in total. The minimum atomic E-state index is -7.11. The summed E-state index contributed by atoms with van der Waals surface area (Å²) in [5, 5.41) is 19.4. The van der Waals surface area contributed by atoms with Crippen LogP contribution in [0, 0.1) is 5.41 Å². The van der Waals surface area contributed by atoms with Gasteiger partial charge in [0.2, 0.25) is 0 Å². The van der Waals surface area contributed by atoms with Crippen molar-refractivity contribution in [2.45, 2.75) is 42.3 Å². The van der Waals surface area contributed by atoms with E-state index in [4.69, 9.17) is 0 Å². The van der Waals surface area contributed by atoms with Crippen molar-refractivity contribution >= 4 is 5.57 Å². The van der Waals surface area contributed by atoms with Gasteiger partial charge in [0.1, 0.15) is 0 Å². The summed E-state index contributed by atoms with van der Waals surface area (Å²) >= 11 is 0. The topological polar surface area (TPSA) is 40.5 Å². The first kappa shape index (κ1) is 26.0. The van der Waals surface area contributed by atoms with Gasteiger partial charge in [0, 0.05) is 0 Å². The van der Waals surface area contributed by atoms with Crippen molar-refractivity contribution in [3.05, 3.63) is 54.1 Å². The van der Waals surface area contributed by atoms with Gasteiger partial charge in [0.15, 0.2) is 0 Å². The summed E-state index contributed by atoms with van der Waals surface area (Å²) in [5.74, 6) is 0. The molecule has 0 radical (unpaired) electrons. The molecule has 0 spiro atoms. The van der Waals surface area contributed by atoms with Crippen LogP contribution in [0.15, 0.2) is 48.6 Å². The van der Waals surface area contributed by atoms with E-state index in [9.17, 15) is 62.9 Å². The Morgan fingerprint density at radius 1 is 0.625 bits per heavy atom. The average Bonchev–Trinajstić information content (AvgIpc) is 2.63. The van der Waals surface area contributed by atoms with Gasteiger partial charge in [-0.25, -0.2) is 0 Å². The van der Waals surface area contributed by atoms with Gasteiger partial charge < -0.3 is 10.2 Å². The molecule has 2 nitrogen and oxygen atoms in total. The van der Waals surface area contributed by atoms with Crippen LogP contribution in [0.4, 0.5) is 52.7 Å². The highest BCUT2D eigenvalue weighted by Crippen LogP contribution is 2.67. The molecule has 180 valence electrons. The molecule has 1 aromatic rings. The second kappa shape index (κ2) is 7.40. The number of hydrogen-bond donors (Lipinski definition) is 2. The van der Waals surface area contributed by atoms with Gasteiger partial charge in [-0.3, -0.25) is 0 Å². The maximum Gasteiger partial charge on any atom is 0.427 e. The summed E-state index contributed by atoms with van der Waals surface area (Å²) in [4.78, 5) is 0. The molecule has 0 atom stereocenters. The molecule has 0 heterocycles. The zero-order valence-corrected chi connectivity index (χ0v) is 15.3. The van der Waals surface area contributed by atoms with E-state index in [2.05, 4.69) is 0 Å². The van der Waals surface area contributed by atoms with E-state index >= 15 is 0 Å². The second-order valence-electron chi connectivity index (χ2n) is 6.95. The molecule has 0 bridgehead atoms. The fraction of sp³-hybridized carbons (Fsp3) is 0.444. The summed E-state index contributed by atoms with van der Waals surface area (Å²) < 4.78 is 162. The van der Waals surface area contributed by atoms with Crippen LogP contribution in [0.25, 0.3) is 5.57 Å². The zero-order chi connectivity index (χ0) is 25.0. The average molecular weight is 488 g/mol. The lowest BCUT2D eigenvalue weighted by Gasteiger charge is -2.55. The molecule has 1 aliphatic rings. The number of alkyl halides is 12. The van der Waals surface area contributed by atoms with E-state index in [-0.39, 0.29) is 23.3 Å². The number of allylic oxidation sites excluding steroid dienone is 3. The van der Waals surface area contributed by atoms with Crippen molar-refractivity contribution in [2.75, 3.05) is 0 Å². The van der Waals surface area contributed by atoms with Crippen molar-refractivity contribution in [3.63, 3.8) is 0 Å². The summed E-state index contributed by atoms with van der Waals surface area (Å²) in [6.45, 7) is 0. The molecule has 0 aliphatic heterocycles. The van der Waals surface area contributed by atoms with E-state index in [1.54, 1.807) is 0 Å². The van der Waals surface area contributed by atoms with Gasteiger partial charge in [-0.05, 0) is 17.6 Å². The van der Waals surface area contributed by atoms with E-state index in [0.717, 1.165) is 0 Å². The van der Waals surface area contributed by atoms with Gasteiger partial charge in [-0.2, -0.15) is 52.7 Å². The Morgan fingerprint density at radius 3 is 1.28 bits per heavy atom. The van der Waals surface area contributed by atoms with E-state index in [1.807, 2.05) is 0 Å². The molecule has 1 aromatic carbocycles. The van der Waals surface area contributed by atoms with Crippen LogP contribution >= 0.6 is 0 Å². The molecule has 1 aliphatic carbocycles. The Hall–Kier alpha value is -2.22. The molecule has 0 fully saturated rings. The SMILES string of the molecule is OC(C(F)(F)F)(C(F)(F)F)C1(C(O)(C(F)(F)F)C(F)(F)F)C=CC(c2ccccc2)=CC1. The van der Waals surface area contributed by atoms with Crippen LogP contribution in [0.1, 0.15) is 12.0 Å². The highest BCUT2D eigenvalue weighted by atomic mass is 19.4. The minimum Gasteiger partial charge on any atom is -0.373 e. The molecular weight excluding hydrogens is 476 g/mol. The zero-order valence-electron chi connectivity index (χ0n) is 15.3. The molecule has 0 unspecified atom stereocenters. The molecule has 32 heavy (non-hydrogen) atoms. The van der Waals surface area contributed by atoms with Crippen LogP contribution in [0.3, 0.4) is 0 Å². The molecule has 0 saturated heterocycles. The van der Waals surface area contributed by atoms with Crippen LogP contribution in [0.2, 0.25) is 0 Å². The third-order valence-corrected chi connectivity index (χ3v) is 5.23. The van der Waals surface area contributed by atoms with Crippen molar-refractivity contribution in [3.8, 4) is 0 Å². The standard InChI is InChI=1S/C18H12F12O2/c19-15(20,21)13(31,16(22,23)24)12(14(32,17(25,26)27)18(28,29)30)8-6-11(7-9-12)10-4-2-1-3-5-10/h1-8,31-32H,9H2. The van der Waals surface area contributed by atoms with E-state index < -0.39 is 53.8 Å². The van der Waals surface area contributed by atoms with Gasteiger partial charge in [-0.1, -0.05) is 48.6 Å². The quantitative estimate of drug-likeness (QED) is 0.534. The van der Waals surface area contributed by atoms with Crippen molar-refractivity contribution in [2.24, 2.45) is 5.41 Å². The van der Waals surface area contributed by atoms with Crippen LogP contribution in [-0.2, 0) is 0 Å². The summed E-state index contributed by atoms with van der Waals surface area (Å²) in [6.07, 6.45) is -31.1. The maximum atomic E-state index is 13.5. The van der Waals surface area contributed by atoms with Crippen molar-refractivity contribution in [1.29, 1.82) is 0 Å². The smallest absolute Gasteiger partial charge is 0.373 e. The minimum absolute atomic E-state index is 0.0301. The van der Waals surface area contributed by atoms with Gasteiger partial charge >= 0.3 is 24.7 Å². The first-order valence-corrected chi connectivity index (χ1v) is 8.34. The number of halogens is 12. The van der Waals surface area contributed by atoms with Gasteiger partial charge in [-0.15, -0.1) is 0 Å². The van der Waals surface area contributed by atoms with Crippen LogP contribution < -0.4 is 0 Å². The molecule has 14 heteroatoms. The number of benzene rings is 1. The molecular formula is C18H12F12O2.